The third-order valence-corrected chi connectivity index (χ3v) is 5.18. The van der Waals surface area contributed by atoms with Crippen LogP contribution in [0.25, 0.3) is 0 Å². The molecule has 0 spiro atoms. The van der Waals surface area contributed by atoms with Crippen LogP contribution in [-0.2, 0) is 0 Å². The van der Waals surface area contributed by atoms with Crippen molar-refractivity contribution in [3.8, 4) is 0 Å². The molecule has 6 heteroatoms. The van der Waals surface area contributed by atoms with Crippen LogP contribution in [0.15, 0.2) is 18.2 Å². The maximum atomic E-state index is 10.8. The number of anilines is 1. The Balaban J connectivity index is 1.85. The van der Waals surface area contributed by atoms with E-state index in [1.54, 1.807) is 12.1 Å². The molecule has 2 heterocycles. The van der Waals surface area contributed by atoms with E-state index in [4.69, 9.17) is 0 Å². The Labute approximate surface area is 132 Å². The zero-order valence-corrected chi connectivity index (χ0v) is 13.4. The predicted molar refractivity (Wildman–Crippen MR) is 87.2 cm³/mol. The van der Waals surface area contributed by atoms with E-state index in [-0.39, 0.29) is 10.6 Å². The SMILES string of the molecule is O=[N+]([O-])c1ccc(N2CCCC2C2CCCN2)c(I)c1. The minimum Gasteiger partial charge on any atom is -0.366 e. The lowest BCUT2D eigenvalue weighted by atomic mass is 10.0. The number of rotatable bonds is 3. The van der Waals surface area contributed by atoms with Gasteiger partial charge in [0.05, 0.1) is 10.6 Å². The average Bonchev–Trinajstić information content (AvgIpc) is 3.09. The fourth-order valence-corrected chi connectivity index (χ4v) is 4.20. The lowest BCUT2D eigenvalue weighted by molar-refractivity contribution is -0.384. The fourth-order valence-electron chi connectivity index (χ4n) is 3.39. The van der Waals surface area contributed by atoms with Crippen LogP contribution in [-0.4, -0.2) is 30.1 Å². The Hall–Kier alpha value is -0.890. The van der Waals surface area contributed by atoms with Gasteiger partial charge >= 0.3 is 0 Å². The molecule has 1 aromatic rings. The molecule has 2 aliphatic rings. The zero-order valence-electron chi connectivity index (χ0n) is 11.2. The number of nitrogens with one attached hydrogen (secondary N) is 1. The standard InChI is InChI=1S/C14H18IN3O2/c15-11-9-10(18(19)20)5-6-13(11)17-8-2-4-14(17)12-3-1-7-16-12/h5-6,9,12,14,16H,1-4,7-8H2. The van der Waals surface area contributed by atoms with E-state index in [9.17, 15) is 10.1 Å². The highest BCUT2D eigenvalue weighted by Gasteiger charge is 2.34. The first-order chi connectivity index (χ1) is 9.66. The summed E-state index contributed by atoms with van der Waals surface area (Å²) in [6.07, 6.45) is 4.91. The van der Waals surface area contributed by atoms with Gasteiger partial charge in [-0.1, -0.05) is 0 Å². The van der Waals surface area contributed by atoms with Gasteiger partial charge in [0.25, 0.3) is 5.69 Å². The minimum absolute atomic E-state index is 0.174. The fraction of sp³-hybridized carbons (Fsp3) is 0.571. The Morgan fingerprint density at radius 1 is 1.35 bits per heavy atom. The molecule has 0 radical (unpaired) electrons. The summed E-state index contributed by atoms with van der Waals surface area (Å²) in [6.45, 7) is 2.17. The molecule has 1 aromatic carbocycles. The van der Waals surface area contributed by atoms with E-state index in [0.29, 0.717) is 12.1 Å². The minimum atomic E-state index is -0.327. The normalized spacial score (nSPS) is 26.1. The molecule has 0 bridgehead atoms. The molecule has 2 unspecified atom stereocenters. The van der Waals surface area contributed by atoms with Crippen LogP contribution < -0.4 is 10.2 Å². The Bertz CT molecular complexity index is 517. The summed E-state index contributed by atoms with van der Waals surface area (Å²) in [5, 5.41) is 14.4. The summed E-state index contributed by atoms with van der Waals surface area (Å²) >= 11 is 2.22. The van der Waals surface area contributed by atoms with Crippen LogP contribution in [0.5, 0.6) is 0 Å². The topological polar surface area (TPSA) is 58.4 Å². The van der Waals surface area contributed by atoms with Crippen molar-refractivity contribution in [3.05, 3.63) is 31.9 Å². The molecule has 2 saturated heterocycles. The number of hydrogen-bond donors (Lipinski definition) is 1. The summed E-state index contributed by atoms with van der Waals surface area (Å²) in [5.74, 6) is 0. The van der Waals surface area contributed by atoms with E-state index in [0.717, 1.165) is 22.3 Å². The molecule has 2 fully saturated rings. The first kappa shape index (κ1) is 14.1. The Kier molecular flexibility index (Phi) is 4.11. The molecule has 0 aromatic heterocycles. The van der Waals surface area contributed by atoms with Crippen molar-refractivity contribution in [2.75, 3.05) is 18.0 Å². The van der Waals surface area contributed by atoms with Crippen molar-refractivity contribution >= 4 is 34.0 Å². The number of nitrogens with zero attached hydrogens (tertiary/aromatic N) is 2. The highest BCUT2D eigenvalue weighted by atomic mass is 127. The summed E-state index contributed by atoms with van der Waals surface area (Å²) in [4.78, 5) is 12.9. The van der Waals surface area contributed by atoms with E-state index >= 15 is 0 Å². The number of benzene rings is 1. The van der Waals surface area contributed by atoms with E-state index in [2.05, 4.69) is 32.8 Å². The first-order valence-electron chi connectivity index (χ1n) is 7.11. The van der Waals surface area contributed by atoms with Crippen LogP contribution in [0, 0.1) is 13.7 Å². The Morgan fingerprint density at radius 3 is 2.85 bits per heavy atom. The lowest BCUT2D eigenvalue weighted by Gasteiger charge is -2.32. The second kappa shape index (κ2) is 5.85. The summed E-state index contributed by atoms with van der Waals surface area (Å²) < 4.78 is 0.974. The van der Waals surface area contributed by atoms with Gasteiger partial charge in [0.1, 0.15) is 0 Å². The second-order valence-electron chi connectivity index (χ2n) is 5.50. The van der Waals surface area contributed by atoms with Gasteiger partial charge in [-0.2, -0.15) is 0 Å². The highest BCUT2D eigenvalue weighted by molar-refractivity contribution is 14.1. The van der Waals surface area contributed by atoms with Crippen molar-refractivity contribution in [1.29, 1.82) is 0 Å². The Morgan fingerprint density at radius 2 is 2.20 bits per heavy atom. The van der Waals surface area contributed by atoms with Crippen LogP contribution in [0.4, 0.5) is 11.4 Å². The molecule has 3 rings (SSSR count). The first-order valence-corrected chi connectivity index (χ1v) is 8.18. The monoisotopic (exact) mass is 387 g/mol. The molecule has 20 heavy (non-hydrogen) atoms. The van der Waals surface area contributed by atoms with Crippen molar-refractivity contribution in [3.63, 3.8) is 0 Å². The van der Waals surface area contributed by atoms with Gasteiger partial charge < -0.3 is 10.2 Å². The third-order valence-electron chi connectivity index (χ3n) is 4.31. The zero-order chi connectivity index (χ0) is 14.1. The molecule has 2 aliphatic heterocycles. The molecule has 0 saturated carbocycles. The summed E-state index contributed by atoms with van der Waals surface area (Å²) in [6, 6.07) is 6.31. The van der Waals surface area contributed by atoms with E-state index < -0.39 is 0 Å². The highest BCUT2D eigenvalue weighted by Crippen LogP contribution is 2.34. The van der Waals surface area contributed by atoms with Gasteiger partial charge in [0, 0.05) is 34.3 Å². The number of nitro benzene ring substituents is 1. The maximum absolute atomic E-state index is 10.8. The molecular formula is C14H18IN3O2. The molecule has 2 atom stereocenters. The smallest absolute Gasteiger partial charge is 0.270 e. The number of hydrogen-bond acceptors (Lipinski definition) is 4. The van der Waals surface area contributed by atoms with Crippen molar-refractivity contribution in [1.82, 2.24) is 5.32 Å². The van der Waals surface area contributed by atoms with Gasteiger partial charge in [0.15, 0.2) is 0 Å². The van der Waals surface area contributed by atoms with Gasteiger partial charge in [-0.25, -0.2) is 0 Å². The quantitative estimate of drug-likeness (QED) is 0.492. The van der Waals surface area contributed by atoms with Gasteiger partial charge in [0.2, 0.25) is 0 Å². The number of nitro groups is 1. The maximum Gasteiger partial charge on any atom is 0.270 e. The van der Waals surface area contributed by atoms with Gasteiger partial charge in [-0.3, -0.25) is 10.1 Å². The summed E-state index contributed by atoms with van der Waals surface area (Å²) in [5.41, 5.74) is 1.32. The van der Waals surface area contributed by atoms with Crippen LogP contribution in [0.1, 0.15) is 25.7 Å². The predicted octanol–water partition coefficient (Wildman–Crippen LogP) is 2.92. The van der Waals surface area contributed by atoms with E-state index in [1.165, 1.54) is 25.7 Å². The van der Waals surface area contributed by atoms with Crippen LogP contribution in [0.3, 0.4) is 0 Å². The third kappa shape index (κ3) is 2.63. The van der Waals surface area contributed by atoms with Crippen molar-refractivity contribution < 1.29 is 4.92 Å². The molecule has 0 aliphatic carbocycles. The molecule has 108 valence electrons. The van der Waals surface area contributed by atoms with Crippen molar-refractivity contribution in [2.24, 2.45) is 0 Å². The van der Waals surface area contributed by atoms with Crippen LogP contribution >= 0.6 is 22.6 Å². The second-order valence-corrected chi connectivity index (χ2v) is 6.66. The van der Waals surface area contributed by atoms with Crippen molar-refractivity contribution in [2.45, 2.75) is 37.8 Å². The summed E-state index contributed by atoms with van der Waals surface area (Å²) in [7, 11) is 0. The molecule has 5 nitrogen and oxygen atoms in total. The van der Waals surface area contributed by atoms with Gasteiger partial charge in [-0.15, -0.1) is 0 Å². The average molecular weight is 387 g/mol. The lowest BCUT2D eigenvalue weighted by Crippen LogP contribution is -2.44. The largest absolute Gasteiger partial charge is 0.366 e. The van der Waals surface area contributed by atoms with Gasteiger partial charge in [-0.05, 0) is 60.9 Å². The van der Waals surface area contributed by atoms with E-state index in [1.807, 2.05) is 6.07 Å². The molecular weight excluding hydrogens is 369 g/mol. The van der Waals surface area contributed by atoms with Crippen LogP contribution in [0.2, 0.25) is 0 Å². The number of halogens is 1. The molecule has 1 N–H and O–H groups in total. The number of non-ortho nitro benzene ring substituents is 1. The molecule has 0 amide bonds.